The zero-order chi connectivity index (χ0) is 10.8. The third kappa shape index (κ3) is 1.58. The van der Waals surface area contributed by atoms with Crippen molar-refractivity contribution in [2.45, 2.75) is 19.8 Å². The van der Waals surface area contributed by atoms with Gasteiger partial charge in [0, 0.05) is 12.6 Å². The standard InChI is InChI=1S/C11H12N2O2/c1-2-4-10-12-7-9-8(11(14)15)5-3-6-13(9)10/h3,5-7H,2,4H2,1H3,(H,14,15). The fourth-order valence-corrected chi connectivity index (χ4v) is 1.66. The number of aryl methyl sites for hydroxylation is 1. The molecule has 2 heterocycles. The summed E-state index contributed by atoms with van der Waals surface area (Å²) in [6.45, 7) is 2.07. The predicted molar refractivity (Wildman–Crippen MR) is 56.1 cm³/mol. The molecule has 15 heavy (non-hydrogen) atoms. The van der Waals surface area contributed by atoms with Gasteiger partial charge in [-0.05, 0) is 18.6 Å². The summed E-state index contributed by atoms with van der Waals surface area (Å²) in [6.07, 6.45) is 5.32. The number of carboxylic acids is 1. The summed E-state index contributed by atoms with van der Waals surface area (Å²) in [7, 11) is 0. The van der Waals surface area contributed by atoms with Crippen molar-refractivity contribution in [2.75, 3.05) is 0 Å². The molecule has 2 rings (SSSR count). The number of rotatable bonds is 3. The Kier molecular flexibility index (Phi) is 2.41. The van der Waals surface area contributed by atoms with E-state index < -0.39 is 5.97 Å². The van der Waals surface area contributed by atoms with Gasteiger partial charge in [0.05, 0.1) is 17.3 Å². The highest BCUT2D eigenvalue weighted by molar-refractivity contribution is 5.95. The van der Waals surface area contributed by atoms with Gasteiger partial charge in [-0.3, -0.25) is 0 Å². The number of fused-ring (bicyclic) bond motifs is 1. The second-order valence-electron chi connectivity index (χ2n) is 3.41. The molecule has 0 fully saturated rings. The van der Waals surface area contributed by atoms with Crippen molar-refractivity contribution in [1.82, 2.24) is 9.38 Å². The van der Waals surface area contributed by atoms with Crippen LogP contribution in [-0.2, 0) is 6.42 Å². The van der Waals surface area contributed by atoms with Gasteiger partial charge in [0.2, 0.25) is 0 Å². The van der Waals surface area contributed by atoms with E-state index in [-0.39, 0.29) is 0 Å². The molecule has 4 nitrogen and oxygen atoms in total. The quantitative estimate of drug-likeness (QED) is 0.831. The lowest BCUT2D eigenvalue weighted by Gasteiger charge is -2.01. The van der Waals surface area contributed by atoms with Crippen molar-refractivity contribution in [3.8, 4) is 0 Å². The lowest BCUT2D eigenvalue weighted by atomic mass is 10.2. The average molecular weight is 204 g/mol. The van der Waals surface area contributed by atoms with Crippen molar-refractivity contribution in [3.63, 3.8) is 0 Å². The van der Waals surface area contributed by atoms with Crippen molar-refractivity contribution in [1.29, 1.82) is 0 Å². The maximum Gasteiger partial charge on any atom is 0.337 e. The molecule has 0 radical (unpaired) electrons. The summed E-state index contributed by atoms with van der Waals surface area (Å²) >= 11 is 0. The Labute approximate surface area is 87.2 Å². The van der Waals surface area contributed by atoms with Crippen LogP contribution in [0.1, 0.15) is 29.5 Å². The maximum atomic E-state index is 10.9. The summed E-state index contributed by atoms with van der Waals surface area (Å²) in [5, 5.41) is 8.98. The smallest absolute Gasteiger partial charge is 0.337 e. The predicted octanol–water partition coefficient (Wildman–Crippen LogP) is 1.99. The molecular weight excluding hydrogens is 192 g/mol. The maximum absolute atomic E-state index is 10.9. The van der Waals surface area contributed by atoms with Crippen LogP contribution in [0.5, 0.6) is 0 Å². The lowest BCUT2D eigenvalue weighted by Crippen LogP contribution is -2.01. The van der Waals surface area contributed by atoms with Gasteiger partial charge < -0.3 is 9.51 Å². The third-order valence-corrected chi connectivity index (χ3v) is 2.35. The Morgan fingerprint density at radius 2 is 2.40 bits per heavy atom. The molecule has 0 atom stereocenters. The molecule has 0 saturated heterocycles. The molecule has 0 unspecified atom stereocenters. The number of carboxylic acid groups (broad SMARTS) is 1. The molecular formula is C11H12N2O2. The molecule has 2 aromatic heterocycles. The van der Waals surface area contributed by atoms with E-state index in [1.165, 1.54) is 0 Å². The Morgan fingerprint density at radius 1 is 1.60 bits per heavy atom. The first kappa shape index (κ1) is 9.71. The molecule has 78 valence electrons. The van der Waals surface area contributed by atoms with Crippen LogP contribution in [0, 0.1) is 0 Å². The van der Waals surface area contributed by atoms with Gasteiger partial charge >= 0.3 is 5.97 Å². The minimum Gasteiger partial charge on any atom is -0.478 e. The zero-order valence-corrected chi connectivity index (χ0v) is 8.47. The van der Waals surface area contributed by atoms with Gasteiger partial charge in [0.1, 0.15) is 5.82 Å². The Hall–Kier alpha value is -1.84. The molecule has 0 bridgehead atoms. The van der Waals surface area contributed by atoms with Gasteiger partial charge in [0.25, 0.3) is 0 Å². The third-order valence-electron chi connectivity index (χ3n) is 2.35. The second-order valence-corrected chi connectivity index (χ2v) is 3.41. The van der Waals surface area contributed by atoms with Crippen molar-refractivity contribution in [3.05, 3.63) is 35.9 Å². The van der Waals surface area contributed by atoms with E-state index in [9.17, 15) is 4.79 Å². The summed E-state index contributed by atoms with van der Waals surface area (Å²) in [5.74, 6) is -0.000788. The fraction of sp³-hybridized carbons (Fsp3) is 0.273. The molecule has 0 aliphatic heterocycles. The number of aromatic nitrogens is 2. The number of imidazole rings is 1. The van der Waals surface area contributed by atoms with Gasteiger partial charge in [-0.15, -0.1) is 0 Å². The van der Waals surface area contributed by atoms with Crippen LogP contribution in [0.15, 0.2) is 24.5 Å². The zero-order valence-electron chi connectivity index (χ0n) is 8.47. The van der Waals surface area contributed by atoms with Crippen LogP contribution in [0.4, 0.5) is 0 Å². The lowest BCUT2D eigenvalue weighted by molar-refractivity contribution is 0.0698. The first-order valence-electron chi connectivity index (χ1n) is 4.92. The number of nitrogens with zero attached hydrogens (tertiary/aromatic N) is 2. The van der Waals surface area contributed by atoms with E-state index in [0.29, 0.717) is 11.1 Å². The molecule has 0 aliphatic rings. The highest BCUT2D eigenvalue weighted by atomic mass is 16.4. The Bertz CT molecular complexity index is 502. The number of hydrogen-bond donors (Lipinski definition) is 1. The summed E-state index contributed by atoms with van der Waals surface area (Å²) in [4.78, 5) is 15.2. The second kappa shape index (κ2) is 3.73. The van der Waals surface area contributed by atoms with E-state index in [1.54, 1.807) is 18.3 Å². The molecule has 0 aromatic carbocycles. The van der Waals surface area contributed by atoms with Crippen LogP contribution in [0.3, 0.4) is 0 Å². The summed E-state index contributed by atoms with van der Waals surface area (Å²) < 4.78 is 1.84. The topological polar surface area (TPSA) is 54.6 Å². The van der Waals surface area contributed by atoms with Crippen LogP contribution < -0.4 is 0 Å². The first-order chi connectivity index (χ1) is 7.24. The monoisotopic (exact) mass is 204 g/mol. The molecule has 0 spiro atoms. The minimum atomic E-state index is -0.913. The average Bonchev–Trinajstić information content (AvgIpc) is 2.62. The summed E-state index contributed by atoms with van der Waals surface area (Å²) in [5.41, 5.74) is 0.959. The fourth-order valence-electron chi connectivity index (χ4n) is 1.66. The normalized spacial score (nSPS) is 10.7. The number of hydrogen-bond acceptors (Lipinski definition) is 2. The highest BCUT2D eigenvalue weighted by Gasteiger charge is 2.10. The number of pyridine rings is 1. The molecule has 4 heteroatoms. The van der Waals surface area contributed by atoms with Gasteiger partial charge in [-0.2, -0.15) is 0 Å². The van der Waals surface area contributed by atoms with E-state index in [0.717, 1.165) is 18.7 Å². The summed E-state index contributed by atoms with van der Waals surface area (Å²) in [6, 6.07) is 3.33. The van der Waals surface area contributed by atoms with Crippen LogP contribution >= 0.6 is 0 Å². The van der Waals surface area contributed by atoms with Crippen LogP contribution in [0.25, 0.3) is 5.52 Å². The largest absolute Gasteiger partial charge is 0.478 e. The van der Waals surface area contributed by atoms with E-state index in [4.69, 9.17) is 5.11 Å². The molecule has 1 N–H and O–H groups in total. The van der Waals surface area contributed by atoms with Crippen LogP contribution in [-0.4, -0.2) is 20.5 Å². The molecule has 0 amide bonds. The van der Waals surface area contributed by atoms with Gasteiger partial charge in [0.15, 0.2) is 0 Å². The van der Waals surface area contributed by atoms with Gasteiger partial charge in [-0.25, -0.2) is 9.78 Å². The molecule has 0 aliphatic carbocycles. The van der Waals surface area contributed by atoms with E-state index in [1.807, 2.05) is 10.6 Å². The molecule has 2 aromatic rings. The van der Waals surface area contributed by atoms with Crippen molar-refractivity contribution in [2.24, 2.45) is 0 Å². The minimum absolute atomic E-state index is 0.298. The Morgan fingerprint density at radius 3 is 3.07 bits per heavy atom. The SMILES string of the molecule is CCCc1ncc2c(C(=O)O)cccn12. The van der Waals surface area contributed by atoms with Crippen molar-refractivity contribution >= 4 is 11.5 Å². The van der Waals surface area contributed by atoms with E-state index in [2.05, 4.69) is 11.9 Å². The van der Waals surface area contributed by atoms with E-state index >= 15 is 0 Å². The Balaban J connectivity index is 2.63. The number of carbonyl (C=O) groups is 1. The number of aromatic carboxylic acids is 1. The highest BCUT2D eigenvalue weighted by Crippen LogP contribution is 2.13. The van der Waals surface area contributed by atoms with Gasteiger partial charge in [-0.1, -0.05) is 6.92 Å². The molecule has 0 saturated carbocycles. The first-order valence-corrected chi connectivity index (χ1v) is 4.92. The van der Waals surface area contributed by atoms with Crippen molar-refractivity contribution < 1.29 is 9.90 Å². The van der Waals surface area contributed by atoms with Crippen LogP contribution in [0.2, 0.25) is 0 Å².